The fourth-order valence-electron chi connectivity index (χ4n) is 2.68. The zero-order valence-corrected chi connectivity index (χ0v) is 11.6. The minimum absolute atomic E-state index is 0.0264. The van der Waals surface area contributed by atoms with Crippen molar-refractivity contribution in [1.82, 2.24) is 0 Å². The molecule has 1 aromatic carbocycles. The SMILES string of the molecule is O=[N+]([O-])c1ccc(CC2CCCCC2Cl)c([N+](=O)[O-])c1. The van der Waals surface area contributed by atoms with E-state index in [0.29, 0.717) is 12.0 Å². The normalized spacial score (nSPS) is 22.4. The van der Waals surface area contributed by atoms with Crippen LogP contribution in [-0.2, 0) is 6.42 Å². The molecule has 1 aliphatic rings. The molecule has 0 aliphatic heterocycles. The molecule has 20 heavy (non-hydrogen) atoms. The molecule has 0 bridgehead atoms. The van der Waals surface area contributed by atoms with E-state index in [1.54, 1.807) is 0 Å². The van der Waals surface area contributed by atoms with Gasteiger partial charge in [0.05, 0.1) is 15.9 Å². The van der Waals surface area contributed by atoms with Gasteiger partial charge >= 0.3 is 0 Å². The molecular formula is C13H15ClN2O4. The molecule has 0 amide bonds. The molecular weight excluding hydrogens is 284 g/mol. The third-order valence-corrected chi connectivity index (χ3v) is 4.35. The van der Waals surface area contributed by atoms with Gasteiger partial charge in [0.2, 0.25) is 0 Å². The minimum atomic E-state index is -0.623. The standard InChI is InChI=1S/C13H15ClN2O4/c14-12-4-2-1-3-9(12)7-10-5-6-11(15(17)18)8-13(10)16(19)20/h5-6,8-9,12H,1-4,7H2. The van der Waals surface area contributed by atoms with Crippen LogP contribution in [0.1, 0.15) is 31.2 Å². The molecule has 1 saturated carbocycles. The second kappa shape index (κ2) is 6.17. The Morgan fingerprint density at radius 3 is 2.45 bits per heavy atom. The molecule has 1 aliphatic carbocycles. The van der Waals surface area contributed by atoms with Gasteiger partial charge < -0.3 is 0 Å². The monoisotopic (exact) mass is 298 g/mol. The predicted molar refractivity (Wildman–Crippen MR) is 75.1 cm³/mol. The first kappa shape index (κ1) is 14.7. The van der Waals surface area contributed by atoms with Crippen molar-refractivity contribution >= 4 is 23.0 Å². The Labute approximate surface area is 121 Å². The molecule has 0 spiro atoms. The van der Waals surface area contributed by atoms with Gasteiger partial charge in [-0.05, 0) is 31.2 Å². The van der Waals surface area contributed by atoms with Crippen molar-refractivity contribution in [3.63, 3.8) is 0 Å². The maximum atomic E-state index is 11.1. The summed E-state index contributed by atoms with van der Waals surface area (Å²) in [4.78, 5) is 20.6. The van der Waals surface area contributed by atoms with E-state index in [0.717, 1.165) is 31.7 Å². The predicted octanol–water partition coefficient (Wildman–Crippen LogP) is 3.84. The number of nitro benzene ring substituents is 2. The second-order valence-corrected chi connectivity index (χ2v) is 5.65. The maximum Gasteiger partial charge on any atom is 0.279 e. The smallest absolute Gasteiger partial charge is 0.258 e. The molecule has 108 valence electrons. The molecule has 7 heteroatoms. The van der Waals surface area contributed by atoms with E-state index in [1.807, 2.05) is 0 Å². The van der Waals surface area contributed by atoms with Crippen molar-refractivity contribution in [2.75, 3.05) is 0 Å². The van der Waals surface area contributed by atoms with Crippen LogP contribution in [0.5, 0.6) is 0 Å². The number of nitro groups is 2. The second-order valence-electron chi connectivity index (χ2n) is 5.09. The van der Waals surface area contributed by atoms with Crippen LogP contribution in [0, 0.1) is 26.1 Å². The van der Waals surface area contributed by atoms with Crippen LogP contribution in [0.15, 0.2) is 18.2 Å². The first-order valence-corrected chi connectivity index (χ1v) is 6.98. The van der Waals surface area contributed by atoms with Gasteiger partial charge in [0.25, 0.3) is 11.4 Å². The molecule has 2 rings (SSSR count). The highest BCUT2D eigenvalue weighted by atomic mass is 35.5. The summed E-state index contributed by atoms with van der Waals surface area (Å²) in [6.07, 6.45) is 4.54. The number of non-ortho nitro benzene ring substituents is 1. The largest absolute Gasteiger partial charge is 0.279 e. The number of nitrogens with zero attached hydrogens (tertiary/aromatic N) is 2. The maximum absolute atomic E-state index is 11.1. The van der Waals surface area contributed by atoms with Crippen molar-refractivity contribution < 1.29 is 9.85 Å². The Balaban J connectivity index is 2.26. The van der Waals surface area contributed by atoms with Crippen LogP contribution in [0.2, 0.25) is 0 Å². The highest BCUT2D eigenvalue weighted by Crippen LogP contribution is 2.34. The molecule has 0 aromatic heterocycles. The van der Waals surface area contributed by atoms with E-state index < -0.39 is 9.85 Å². The lowest BCUT2D eigenvalue weighted by Gasteiger charge is -2.26. The average Bonchev–Trinajstić information content (AvgIpc) is 2.41. The molecule has 0 saturated heterocycles. The van der Waals surface area contributed by atoms with E-state index in [4.69, 9.17) is 11.6 Å². The fourth-order valence-corrected chi connectivity index (χ4v) is 3.05. The molecule has 0 heterocycles. The Morgan fingerprint density at radius 2 is 1.85 bits per heavy atom. The van der Waals surface area contributed by atoms with E-state index >= 15 is 0 Å². The Kier molecular flexibility index (Phi) is 4.54. The zero-order chi connectivity index (χ0) is 14.7. The van der Waals surface area contributed by atoms with Gasteiger partial charge in [-0.3, -0.25) is 20.2 Å². The first-order chi connectivity index (χ1) is 9.49. The fraction of sp³-hybridized carbons (Fsp3) is 0.538. The van der Waals surface area contributed by atoms with Gasteiger partial charge in [-0.2, -0.15) is 0 Å². The van der Waals surface area contributed by atoms with Crippen LogP contribution < -0.4 is 0 Å². The van der Waals surface area contributed by atoms with Gasteiger partial charge in [-0.1, -0.05) is 12.8 Å². The summed E-state index contributed by atoms with van der Waals surface area (Å²) in [5, 5.41) is 21.8. The first-order valence-electron chi connectivity index (χ1n) is 6.55. The highest BCUT2D eigenvalue weighted by Gasteiger charge is 2.27. The van der Waals surface area contributed by atoms with E-state index in [2.05, 4.69) is 0 Å². The van der Waals surface area contributed by atoms with Crippen molar-refractivity contribution in [3.8, 4) is 0 Å². The van der Waals surface area contributed by atoms with Crippen LogP contribution in [0.25, 0.3) is 0 Å². The minimum Gasteiger partial charge on any atom is -0.258 e. The average molecular weight is 299 g/mol. The summed E-state index contributed by atoms with van der Waals surface area (Å²) >= 11 is 6.27. The third-order valence-electron chi connectivity index (χ3n) is 3.77. The molecule has 1 aromatic rings. The summed E-state index contributed by atoms with van der Waals surface area (Å²) in [5.74, 6) is 0.200. The van der Waals surface area contributed by atoms with Crippen molar-refractivity contribution in [3.05, 3.63) is 44.0 Å². The summed E-state index contributed by atoms with van der Waals surface area (Å²) in [7, 11) is 0. The van der Waals surface area contributed by atoms with Crippen LogP contribution in [-0.4, -0.2) is 15.2 Å². The quantitative estimate of drug-likeness (QED) is 0.480. The summed E-state index contributed by atoms with van der Waals surface area (Å²) in [6, 6.07) is 3.82. The molecule has 0 N–H and O–H groups in total. The number of hydrogen-bond acceptors (Lipinski definition) is 4. The molecule has 6 nitrogen and oxygen atoms in total. The van der Waals surface area contributed by atoms with Gasteiger partial charge in [0.1, 0.15) is 0 Å². The number of benzene rings is 1. The Hall–Kier alpha value is -1.69. The molecule has 2 unspecified atom stereocenters. The number of rotatable bonds is 4. The van der Waals surface area contributed by atoms with Gasteiger partial charge in [0.15, 0.2) is 0 Å². The third kappa shape index (κ3) is 3.25. The molecule has 0 radical (unpaired) electrons. The van der Waals surface area contributed by atoms with Gasteiger partial charge in [0, 0.05) is 17.0 Å². The Morgan fingerprint density at radius 1 is 1.15 bits per heavy atom. The lowest BCUT2D eigenvalue weighted by Crippen LogP contribution is -2.22. The van der Waals surface area contributed by atoms with Crippen molar-refractivity contribution in [1.29, 1.82) is 0 Å². The van der Waals surface area contributed by atoms with Crippen LogP contribution >= 0.6 is 11.6 Å². The summed E-state index contributed by atoms with van der Waals surface area (Å²) in [5.41, 5.74) is 0.0818. The Bertz CT molecular complexity index is 535. The van der Waals surface area contributed by atoms with Gasteiger partial charge in [-0.25, -0.2) is 0 Å². The lowest BCUT2D eigenvalue weighted by molar-refractivity contribution is -0.394. The van der Waals surface area contributed by atoms with E-state index in [9.17, 15) is 20.2 Å². The summed E-state index contributed by atoms with van der Waals surface area (Å²) < 4.78 is 0. The zero-order valence-electron chi connectivity index (χ0n) is 10.8. The number of halogens is 1. The topological polar surface area (TPSA) is 86.3 Å². The van der Waals surface area contributed by atoms with Crippen LogP contribution in [0.3, 0.4) is 0 Å². The summed E-state index contributed by atoms with van der Waals surface area (Å²) in [6.45, 7) is 0. The number of alkyl halides is 1. The molecule has 2 atom stereocenters. The van der Waals surface area contributed by atoms with Crippen molar-refractivity contribution in [2.45, 2.75) is 37.5 Å². The highest BCUT2D eigenvalue weighted by molar-refractivity contribution is 6.20. The van der Waals surface area contributed by atoms with E-state index in [-0.39, 0.29) is 22.7 Å². The van der Waals surface area contributed by atoms with Crippen molar-refractivity contribution in [2.24, 2.45) is 5.92 Å². The number of hydrogen-bond donors (Lipinski definition) is 0. The lowest BCUT2D eigenvalue weighted by atomic mass is 9.84. The van der Waals surface area contributed by atoms with Crippen LogP contribution in [0.4, 0.5) is 11.4 Å². The molecule has 1 fully saturated rings. The van der Waals surface area contributed by atoms with E-state index in [1.165, 1.54) is 12.1 Å². The van der Waals surface area contributed by atoms with Gasteiger partial charge in [-0.15, -0.1) is 11.6 Å².